The van der Waals surface area contributed by atoms with Gasteiger partial charge in [-0.3, -0.25) is 0 Å². The Hall–Kier alpha value is -0.0800. The van der Waals surface area contributed by atoms with Gasteiger partial charge in [-0.2, -0.15) is 0 Å². The van der Waals surface area contributed by atoms with Crippen molar-refractivity contribution in [3.8, 4) is 0 Å². The predicted octanol–water partition coefficient (Wildman–Crippen LogP) is 1.47. The van der Waals surface area contributed by atoms with Crippen molar-refractivity contribution in [2.75, 3.05) is 26.2 Å². The Kier molecular flexibility index (Phi) is 3.23. The number of nitrogens with one attached hydrogen (secondary N) is 1. The molecule has 0 radical (unpaired) electrons. The van der Waals surface area contributed by atoms with Gasteiger partial charge in [0, 0.05) is 12.6 Å². The molecular formula is C11H22N2. The zero-order valence-corrected chi connectivity index (χ0v) is 8.76. The van der Waals surface area contributed by atoms with E-state index in [4.69, 9.17) is 0 Å². The molecule has 0 aromatic carbocycles. The summed E-state index contributed by atoms with van der Waals surface area (Å²) in [5.74, 6) is 0.931. The Morgan fingerprint density at radius 3 is 2.92 bits per heavy atom. The van der Waals surface area contributed by atoms with Crippen LogP contribution in [-0.4, -0.2) is 37.1 Å². The standard InChI is InChI=1S/C11H22N2/c1-10-4-2-3-7-13(10)9-11-5-6-12-8-11/h10-12H,2-9H2,1H3. The van der Waals surface area contributed by atoms with Gasteiger partial charge in [-0.05, 0) is 51.7 Å². The van der Waals surface area contributed by atoms with Crippen LogP contribution in [0.4, 0.5) is 0 Å². The fraction of sp³-hybridized carbons (Fsp3) is 1.00. The highest BCUT2D eigenvalue weighted by molar-refractivity contribution is 4.79. The molecular weight excluding hydrogens is 160 g/mol. The van der Waals surface area contributed by atoms with E-state index in [1.807, 2.05) is 0 Å². The van der Waals surface area contributed by atoms with Crippen LogP contribution in [0.1, 0.15) is 32.6 Å². The van der Waals surface area contributed by atoms with Crippen LogP contribution in [0.2, 0.25) is 0 Å². The second-order valence-corrected chi connectivity index (χ2v) is 4.70. The van der Waals surface area contributed by atoms with E-state index in [-0.39, 0.29) is 0 Å². The third kappa shape index (κ3) is 2.44. The highest BCUT2D eigenvalue weighted by Gasteiger charge is 2.23. The lowest BCUT2D eigenvalue weighted by molar-refractivity contribution is 0.140. The van der Waals surface area contributed by atoms with Gasteiger partial charge < -0.3 is 10.2 Å². The van der Waals surface area contributed by atoms with Crippen molar-refractivity contribution < 1.29 is 0 Å². The number of nitrogens with zero attached hydrogens (tertiary/aromatic N) is 1. The van der Waals surface area contributed by atoms with Crippen molar-refractivity contribution >= 4 is 0 Å². The van der Waals surface area contributed by atoms with E-state index in [9.17, 15) is 0 Å². The van der Waals surface area contributed by atoms with Crippen LogP contribution in [0.3, 0.4) is 0 Å². The van der Waals surface area contributed by atoms with Crippen molar-refractivity contribution in [1.29, 1.82) is 0 Å². The molecule has 2 saturated heterocycles. The number of hydrogen-bond donors (Lipinski definition) is 1. The summed E-state index contributed by atoms with van der Waals surface area (Å²) in [6, 6.07) is 0.842. The highest BCUT2D eigenvalue weighted by atomic mass is 15.2. The number of rotatable bonds is 2. The molecule has 0 bridgehead atoms. The lowest BCUT2D eigenvalue weighted by Crippen LogP contribution is -2.40. The first kappa shape index (κ1) is 9.47. The summed E-state index contributed by atoms with van der Waals surface area (Å²) in [5.41, 5.74) is 0. The molecule has 2 aliphatic rings. The van der Waals surface area contributed by atoms with Crippen molar-refractivity contribution in [2.45, 2.75) is 38.6 Å². The van der Waals surface area contributed by atoms with Crippen LogP contribution < -0.4 is 5.32 Å². The first-order valence-corrected chi connectivity index (χ1v) is 5.81. The number of likely N-dealkylation sites (tertiary alicyclic amines) is 1. The van der Waals surface area contributed by atoms with Gasteiger partial charge >= 0.3 is 0 Å². The molecule has 2 fully saturated rings. The van der Waals surface area contributed by atoms with Crippen LogP contribution in [0.15, 0.2) is 0 Å². The van der Waals surface area contributed by atoms with Crippen molar-refractivity contribution in [2.24, 2.45) is 5.92 Å². The molecule has 0 spiro atoms. The molecule has 2 unspecified atom stereocenters. The van der Waals surface area contributed by atoms with Crippen LogP contribution in [0.25, 0.3) is 0 Å². The van der Waals surface area contributed by atoms with Crippen LogP contribution in [0, 0.1) is 5.92 Å². The van der Waals surface area contributed by atoms with Crippen molar-refractivity contribution in [1.82, 2.24) is 10.2 Å². The van der Waals surface area contributed by atoms with Crippen LogP contribution in [-0.2, 0) is 0 Å². The highest BCUT2D eigenvalue weighted by Crippen LogP contribution is 2.19. The lowest BCUT2D eigenvalue weighted by Gasteiger charge is -2.34. The van der Waals surface area contributed by atoms with Crippen LogP contribution >= 0.6 is 0 Å². The minimum Gasteiger partial charge on any atom is -0.316 e. The van der Waals surface area contributed by atoms with Gasteiger partial charge in [0.2, 0.25) is 0 Å². The van der Waals surface area contributed by atoms with E-state index in [2.05, 4.69) is 17.1 Å². The van der Waals surface area contributed by atoms with Crippen molar-refractivity contribution in [3.63, 3.8) is 0 Å². The first-order valence-electron chi connectivity index (χ1n) is 5.81. The quantitative estimate of drug-likeness (QED) is 0.695. The molecule has 2 heteroatoms. The Labute approximate surface area is 81.7 Å². The summed E-state index contributed by atoms with van der Waals surface area (Å²) in [7, 11) is 0. The zero-order chi connectivity index (χ0) is 9.10. The molecule has 2 rings (SSSR count). The molecule has 2 heterocycles. The predicted molar refractivity (Wildman–Crippen MR) is 55.9 cm³/mol. The summed E-state index contributed by atoms with van der Waals surface area (Å²) >= 11 is 0. The normalized spacial score (nSPS) is 36.7. The van der Waals surface area contributed by atoms with Gasteiger partial charge in [0.05, 0.1) is 0 Å². The third-order valence-electron chi connectivity index (χ3n) is 3.60. The van der Waals surface area contributed by atoms with Gasteiger partial charge in [-0.1, -0.05) is 6.42 Å². The van der Waals surface area contributed by atoms with E-state index in [0.717, 1.165) is 12.0 Å². The first-order chi connectivity index (χ1) is 6.36. The molecule has 76 valence electrons. The van der Waals surface area contributed by atoms with Crippen LogP contribution in [0.5, 0.6) is 0 Å². The fourth-order valence-electron chi connectivity index (χ4n) is 2.63. The SMILES string of the molecule is CC1CCCCN1CC1CCNC1. The molecule has 0 aromatic rings. The Bertz CT molecular complexity index is 152. The topological polar surface area (TPSA) is 15.3 Å². The van der Waals surface area contributed by atoms with Gasteiger partial charge in [-0.15, -0.1) is 0 Å². The maximum Gasteiger partial charge on any atom is 0.00670 e. The molecule has 0 amide bonds. The maximum absolute atomic E-state index is 3.45. The maximum atomic E-state index is 3.45. The Balaban J connectivity index is 1.78. The monoisotopic (exact) mass is 182 g/mol. The van der Waals surface area contributed by atoms with E-state index in [1.165, 1.54) is 51.9 Å². The molecule has 2 nitrogen and oxygen atoms in total. The lowest BCUT2D eigenvalue weighted by atomic mass is 10.0. The molecule has 2 aliphatic heterocycles. The van der Waals surface area contributed by atoms with E-state index < -0.39 is 0 Å². The van der Waals surface area contributed by atoms with E-state index >= 15 is 0 Å². The molecule has 1 N–H and O–H groups in total. The molecule has 0 saturated carbocycles. The molecule has 0 aromatic heterocycles. The third-order valence-corrected chi connectivity index (χ3v) is 3.60. The Morgan fingerprint density at radius 2 is 2.23 bits per heavy atom. The van der Waals surface area contributed by atoms with Crippen molar-refractivity contribution in [3.05, 3.63) is 0 Å². The average molecular weight is 182 g/mol. The minimum absolute atomic E-state index is 0.842. The largest absolute Gasteiger partial charge is 0.316 e. The average Bonchev–Trinajstić information content (AvgIpc) is 2.61. The smallest absolute Gasteiger partial charge is 0.00670 e. The van der Waals surface area contributed by atoms with Gasteiger partial charge in [0.15, 0.2) is 0 Å². The number of hydrogen-bond acceptors (Lipinski definition) is 2. The summed E-state index contributed by atoms with van der Waals surface area (Å²) in [4.78, 5) is 2.70. The minimum atomic E-state index is 0.842. The molecule has 13 heavy (non-hydrogen) atoms. The molecule has 2 atom stereocenters. The second-order valence-electron chi connectivity index (χ2n) is 4.70. The Morgan fingerprint density at radius 1 is 1.31 bits per heavy atom. The van der Waals surface area contributed by atoms with Gasteiger partial charge in [0.1, 0.15) is 0 Å². The van der Waals surface area contributed by atoms with Gasteiger partial charge in [0.25, 0.3) is 0 Å². The summed E-state index contributed by atoms with van der Waals surface area (Å²) in [6.07, 6.45) is 5.68. The summed E-state index contributed by atoms with van der Waals surface area (Å²) in [5, 5.41) is 3.45. The summed E-state index contributed by atoms with van der Waals surface area (Å²) < 4.78 is 0. The van der Waals surface area contributed by atoms with E-state index in [0.29, 0.717) is 0 Å². The fourth-order valence-corrected chi connectivity index (χ4v) is 2.63. The second kappa shape index (κ2) is 4.43. The summed E-state index contributed by atoms with van der Waals surface area (Å²) in [6.45, 7) is 7.57. The number of piperidine rings is 1. The zero-order valence-electron chi connectivity index (χ0n) is 8.76. The van der Waals surface area contributed by atoms with E-state index in [1.54, 1.807) is 0 Å². The van der Waals surface area contributed by atoms with Gasteiger partial charge in [-0.25, -0.2) is 0 Å². The molecule has 0 aliphatic carbocycles.